The average molecular weight is 1140 g/mol. The number of rotatable bonds is 18. The predicted octanol–water partition coefficient (Wildman–Crippen LogP) is -1.38. The van der Waals surface area contributed by atoms with Crippen molar-refractivity contribution in [3.8, 4) is 57.5 Å². The Balaban J connectivity index is 1.12. The number of aliphatic hydroxyl groups is 10. The summed E-state index contributed by atoms with van der Waals surface area (Å²) in [6.45, 7) is -2.45. The Morgan fingerprint density at radius 1 is 0.556 bits per heavy atom. The fourth-order valence-corrected chi connectivity index (χ4v) is 8.87. The van der Waals surface area contributed by atoms with Gasteiger partial charge in [-0.3, -0.25) is 0 Å². The summed E-state index contributed by atoms with van der Waals surface area (Å²) in [6, 6.07) is 12.4. The minimum atomic E-state index is -2.19. The molecule has 16 unspecified atom stereocenters. The lowest BCUT2D eigenvalue weighted by Crippen LogP contribution is -2.64. The van der Waals surface area contributed by atoms with Gasteiger partial charge in [0.25, 0.3) is 11.9 Å². The molecule has 4 heterocycles. The summed E-state index contributed by atoms with van der Waals surface area (Å²) < 4.78 is 61.3. The molecule has 4 aliphatic heterocycles. The molecule has 0 bridgehead atoms. The van der Waals surface area contributed by atoms with Gasteiger partial charge in [-0.1, -0.05) is 12.1 Å². The number of phenols is 6. The van der Waals surface area contributed by atoms with Crippen LogP contribution in [0, 0.1) is 0 Å². The first kappa shape index (κ1) is 59.4. The van der Waals surface area contributed by atoms with E-state index in [1.54, 1.807) is 0 Å². The van der Waals surface area contributed by atoms with E-state index >= 15 is 0 Å². The molecule has 3 saturated heterocycles. The van der Waals surface area contributed by atoms with Gasteiger partial charge in [0.05, 0.1) is 32.5 Å². The number of aliphatic hydroxyl groups excluding tert-OH is 9. The monoisotopic (exact) mass is 1140 g/mol. The van der Waals surface area contributed by atoms with E-state index in [9.17, 15) is 86.2 Å². The average Bonchev–Trinajstić information content (AvgIpc) is 3.60. The van der Waals surface area contributed by atoms with Gasteiger partial charge >= 0.3 is 11.9 Å². The van der Waals surface area contributed by atoms with Gasteiger partial charge in [-0.05, 0) is 59.7 Å². The minimum Gasteiger partial charge on any atom is -0.571 e. The normalized spacial score (nSPS) is 30.2. The third-order valence-electron chi connectivity index (χ3n) is 13.3. The Morgan fingerprint density at radius 3 is 1.60 bits per heavy atom. The molecule has 3 fully saturated rings. The van der Waals surface area contributed by atoms with E-state index < -0.39 is 159 Å². The smallest absolute Gasteiger partial charge is 0.330 e. The van der Waals surface area contributed by atoms with Crippen LogP contribution in [0.5, 0.6) is 57.5 Å². The molecule has 16 atom stereocenters. The zero-order valence-corrected chi connectivity index (χ0v) is 42.6. The topological polar surface area (TPSA) is 443 Å². The van der Waals surface area contributed by atoms with Gasteiger partial charge in [0.15, 0.2) is 58.4 Å². The molecule has 0 radical (unpaired) electrons. The number of fused-ring (bicyclic) bond motifs is 1. The van der Waals surface area contributed by atoms with Gasteiger partial charge in [0, 0.05) is 24.3 Å². The van der Waals surface area contributed by atoms with Crippen LogP contribution in [0.15, 0.2) is 78.6 Å². The van der Waals surface area contributed by atoms with Crippen molar-refractivity contribution in [3.63, 3.8) is 0 Å². The molecular formula is C53H59O28+. The molecule has 8 rings (SSSR count). The second-order valence-corrected chi connectivity index (χ2v) is 18.7. The molecular weight excluding hydrogens is 1080 g/mol. The van der Waals surface area contributed by atoms with Gasteiger partial charge in [-0.2, -0.15) is 0 Å². The number of carbonyl (C=O) groups is 2. The number of carbonyl (C=O) groups excluding carboxylic acids is 2. The van der Waals surface area contributed by atoms with Crippen LogP contribution in [0.3, 0.4) is 0 Å². The molecule has 0 aromatic heterocycles. The van der Waals surface area contributed by atoms with Gasteiger partial charge in [0.2, 0.25) is 12.6 Å². The van der Waals surface area contributed by atoms with Crippen molar-refractivity contribution in [1.29, 1.82) is 0 Å². The minimum absolute atomic E-state index is 0.0932. The summed E-state index contributed by atoms with van der Waals surface area (Å²) in [6.07, 6.45) is -24.9. The summed E-state index contributed by atoms with van der Waals surface area (Å²) in [7, 11) is 2.64. The summed E-state index contributed by atoms with van der Waals surface area (Å²) in [5, 5.41) is 161. The van der Waals surface area contributed by atoms with Gasteiger partial charge < -0.3 is 129 Å². The lowest BCUT2D eigenvalue weighted by molar-refractivity contribution is -0.364. The Morgan fingerprint density at radius 2 is 1.06 bits per heavy atom. The summed E-state index contributed by atoms with van der Waals surface area (Å²) in [5.41, 5.74) is 0.546. The lowest BCUT2D eigenvalue weighted by atomic mass is 9.97. The predicted molar refractivity (Wildman–Crippen MR) is 269 cm³/mol. The molecule has 0 saturated carbocycles. The van der Waals surface area contributed by atoms with Crippen LogP contribution in [0.1, 0.15) is 28.4 Å². The van der Waals surface area contributed by atoms with Crippen LogP contribution in [0.2, 0.25) is 0 Å². The maximum atomic E-state index is 13.1. The number of aromatic hydroxyl groups is 7. The highest BCUT2D eigenvalue weighted by atomic mass is 16.8. The summed E-state index contributed by atoms with van der Waals surface area (Å²) >= 11 is 0. The highest BCUT2D eigenvalue weighted by molar-refractivity contribution is 5.87. The van der Waals surface area contributed by atoms with Crippen LogP contribution >= 0.6 is 0 Å². The standard InChI is InChI=1S/C53H58O28/c1-71-32-11-21(3-7-26(32)56)5-9-38(60)73-19-36-42(64)45(67)48(70)52(79-36)81-50-46(68)43(65)37(20-74-39(61)10-6-22-4-8-27(57)33(12-22)72-2)80-53(50)77-34-17-25-30(75-49(34)23-13-28(58)40(62)29(59)14-23)15-24(55)16-31(25)76-51-47(69)44(66)41(63)35(18-54)78-51/h3-17,35-37,41-59,62-70H,18-20H2,1-2H3/p+1. The summed E-state index contributed by atoms with van der Waals surface area (Å²) in [4.78, 5) is 25.9. The first-order valence-corrected chi connectivity index (χ1v) is 24.6. The second kappa shape index (κ2) is 25.4. The SMILES string of the molecule is COc1cc(C=CC(=O)OCC2OC(OC3C(OC4=Cc5c(OC6OC(CO)C(O)C(O)C6O)cc(O)cc5[OH+]C4c4cc(O)c(O)c(O)c4)OC(COC(=O)C=Cc4ccc(O)c(OC)c4)C(O)C3O)C(O)C(O)C2O)ccc1O. The largest absolute Gasteiger partial charge is 0.571 e. The fourth-order valence-electron chi connectivity index (χ4n) is 8.87. The third kappa shape index (κ3) is 13.2. The maximum Gasteiger partial charge on any atom is 0.330 e. The van der Waals surface area contributed by atoms with E-state index in [1.807, 2.05) is 0 Å². The van der Waals surface area contributed by atoms with Crippen molar-refractivity contribution in [2.75, 3.05) is 34.0 Å². The summed E-state index contributed by atoms with van der Waals surface area (Å²) in [5.74, 6) is -6.22. The molecule has 0 aliphatic carbocycles. The Kier molecular flexibility index (Phi) is 18.6. The Hall–Kier alpha value is -7.68. The molecule has 438 valence electrons. The highest BCUT2D eigenvalue weighted by Gasteiger charge is 2.53. The van der Waals surface area contributed by atoms with Crippen LogP contribution in [0.4, 0.5) is 0 Å². The Bertz CT molecular complexity index is 2960. The van der Waals surface area contributed by atoms with E-state index in [0.717, 1.165) is 36.4 Å². The van der Waals surface area contributed by atoms with E-state index in [0.29, 0.717) is 11.1 Å². The molecule has 4 aromatic rings. The number of hydrogen-bond acceptors (Lipinski definition) is 27. The quantitative estimate of drug-likeness (QED) is 0.0236. The van der Waals surface area contributed by atoms with Crippen LogP contribution in [-0.2, 0) is 42.7 Å². The molecule has 28 nitrogen and oxygen atoms in total. The first-order valence-electron chi connectivity index (χ1n) is 24.6. The zero-order chi connectivity index (χ0) is 58.6. The second-order valence-electron chi connectivity index (χ2n) is 18.7. The van der Waals surface area contributed by atoms with Gasteiger partial charge in [0.1, 0.15) is 97.4 Å². The van der Waals surface area contributed by atoms with Crippen molar-refractivity contribution in [2.24, 2.45) is 0 Å². The van der Waals surface area contributed by atoms with Crippen LogP contribution < -0.4 is 14.2 Å². The van der Waals surface area contributed by atoms with E-state index in [-0.39, 0.29) is 45.6 Å². The molecule has 16 N–H and O–H groups in total. The van der Waals surface area contributed by atoms with E-state index in [1.165, 1.54) is 68.8 Å². The molecule has 0 amide bonds. The molecule has 0 spiro atoms. The zero-order valence-electron chi connectivity index (χ0n) is 42.6. The maximum absolute atomic E-state index is 13.1. The number of methoxy groups -OCH3 is 2. The highest BCUT2D eigenvalue weighted by Crippen LogP contribution is 2.49. The van der Waals surface area contributed by atoms with Crippen molar-refractivity contribution in [1.82, 2.24) is 0 Å². The number of esters is 2. The number of benzene rings is 4. The lowest BCUT2D eigenvalue weighted by Gasteiger charge is -2.46. The van der Waals surface area contributed by atoms with E-state index in [2.05, 4.69) is 4.74 Å². The Labute approximate surface area is 458 Å². The van der Waals surface area contributed by atoms with Gasteiger partial charge in [-0.25, -0.2) is 9.59 Å². The molecule has 4 aromatic carbocycles. The number of phenolic OH excluding ortho intramolecular Hbond substituents is 6. The fraction of sp³-hybridized carbons (Fsp3) is 0.396. The van der Waals surface area contributed by atoms with Crippen LogP contribution in [-0.4, -0.2) is 219 Å². The van der Waals surface area contributed by atoms with E-state index in [4.69, 9.17) is 47.4 Å². The number of hydrogen-bond donors (Lipinski definition) is 15. The molecule has 4 aliphatic rings. The van der Waals surface area contributed by atoms with Crippen molar-refractivity contribution < 1.29 is 138 Å². The van der Waals surface area contributed by atoms with Gasteiger partial charge in [-0.15, -0.1) is 0 Å². The van der Waals surface area contributed by atoms with Crippen molar-refractivity contribution in [3.05, 3.63) is 101 Å². The van der Waals surface area contributed by atoms with Crippen LogP contribution in [0.25, 0.3) is 18.2 Å². The van der Waals surface area contributed by atoms with Crippen molar-refractivity contribution in [2.45, 2.75) is 98.2 Å². The third-order valence-corrected chi connectivity index (χ3v) is 13.3. The number of ether oxygens (including phenoxy) is 11. The van der Waals surface area contributed by atoms with Crippen molar-refractivity contribution >= 4 is 30.2 Å². The molecule has 81 heavy (non-hydrogen) atoms. The first-order chi connectivity index (χ1) is 38.6. The molecule has 28 heteroatoms.